The first-order chi connectivity index (χ1) is 9.02. The van der Waals surface area contributed by atoms with Gasteiger partial charge in [-0.25, -0.2) is 0 Å². The number of anilines is 1. The van der Waals surface area contributed by atoms with Gasteiger partial charge in [-0.1, -0.05) is 0 Å². The maximum atomic E-state index is 12.0. The third kappa shape index (κ3) is 2.70. The van der Waals surface area contributed by atoms with E-state index in [0.29, 0.717) is 6.42 Å². The number of carbonyl (C=O) groups excluding carboxylic acids is 1. The molecule has 0 aliphatic carbocycles. The molecule has 0 bridgehead atoms. The maximum Gasteiger partial charge on any atom is 0.228 e. The fraction of sp³-hybridized carbons (Fsp3) is 0.467. The van der Waals surface area contributed by atoms with Crippen molar-refractivity contribution in [2.45, 2.75) is 39.3 Å². The minimum atomic E-state index is -0.223. The molecule has 0 radical (unpaired) electrons. The lowest BCUT2D eigenvalue weighted by Crippen LogP contribution is -2.32. The van der Waals surface area contributed by atoms with E-state index in [-0.39, 0.29) is 24.0 Å². The minimum Gasteiger partial charge on any atom is -0.491 e. The van der Waals surface area contributed by atoms with Crippen molar-refractivity contribution in [2.75, 3.05) is 4.90 Å². The van der Waals surface area contributed by atoms with E-state index in [1.54, 1.807) is 4.90 Å². The zero-order chi connectivity index (χ0) is 14.0. The van der Waals surface area contributed by atoms with Gasteiger partial charge in [-0.05, 0) is 45.0 Å². The highest BCUT2D eigenvalue weighted by molar-refractivity contribution is 5.96. The number of nitriles is 1. The topological polar surface area (TPSA) is 53.3 Å². The molecule has 2 unspecified atom stereocenters. The predicted molar refractivity (Wildman–Crippen MR) is 72.9 cm³/mol. The quantitative estimate of drug-likeness (QED) is 0.837. The molecular formula is C15H18N2O2. The van der Waals surface area contributed by atoms with Gasteiger partial charge in [0.2, 0.25) is 5.91 Å². The second kappa shape index (κ2) is 5.31. The van der Waals surface area contributed by atoms with Crippen LogP contribution < -0.4 is 9.64 Å². The Morgan fingerprint density at radius 2 is 2.00 bits per heavy atom. The summed E-state index contributed by atoms with van der Waals surface area (Å²) in [7, 11) is 0. The molecule has 1 aliphatic heterocycles. The zero-order valence-electron chi connectivity index (χ0n) is 11.5. The van der Waals surface area contributed by atoms with Gasteiger partial charge < -0.3 is 9.64 Å². The highest BCUT2D eigenvalue weighted by atomic mass is 16.5. The standard InChI is InChI=1S/C15H18N2O2/c1-10(2)19-14-6-4-13(5-7-14)17-11(3)12(9-16)8-15(17)18/h4-7,10-12H,8H2,1-3H3. The molecule has 4 heteroatoms. The van der Waals surface area contributed by atoms with Crippen molar-refractivity contribution in [3.05, 3.63) is 24.3 Å². The molecule has 100 valence electrons. The number of amides is 1. The highest BCUT2D eigenvalue weighted by Crippen LogP contribution is 2.31. The second-order valence-corrected chi connectivity index (χ2v) is 5.10. The summed E-state index contributed by atoms with van der Waals surface area (Å²) in [6.07, 6.45) is 0.434. The van der Waals surface area contributed by atoms with E-state index in [9.17, 15) is 4.79 Å². The summed E-state index contributed by atoms with van der Waals surface area (Å²) in [6.45, 7) is 5.85. The Hall–Kier alpha value is -2.02. The number of hydrogen-bond donors (Lipinski definition) is 0. The summed E-state index contributed by atoms with van der Waals surface area (Å²) < 4.78 is 5.57. The number of hydrogen-bond acceptors (Lipinski definition) is 3. The average Bonchev–Trinajstić information content (AvgIpc) is 2.65. The summed E-state index contributed by atoms with van der Waals surface area (Å²) in [4.78, 5) is 13.7. The van der Waals surface area contributed by atoms with Crippen LogP contribution in [0, 0.1) is 17.2 Å². The van der Waals surface area contributed by atoms with E-state index in [0.717, 1.165) is 11.4 Å². The molecule has 1 aromatic carbocycles. The zero-order valence-corrected chi connectivity index (χ0v) is 11.5. The lowest BCUT2D eigenvalue weighted by molar-refractivity contribution is -0.117. The molecule has 4 nitrogen and oxygen atoms in total. The molecule has 1 heterocycles. The molecule has 0 aromatic heterocycles. The van der Waals surface area contributed by atoms with Crippen LogP contribution in [0.3, 0.4) is 0 Å². The molecule has 1 fully saturated rings. The van der Waals surface area contributed by atoms with Gasteiger partial charge in [0.25, 0.3) is 0 Å². The van der Waals surface area contributed by atoms with E-state index in [4.69, 9.17) is 10.00 Å². The summed E-state index contributed by atoms with van der Waals surface area (Å²) in [5.74, 6) is 0.575. The normalized spacial score (nSPS) is 22.7. The summed E-state index contributed by atoms with van der Waals surface area (Å²) in [5.41, 5.74) is 0.825. The van der Waals surface area contributed by atoms with Crippen LogP contribution in [0.5, 0.6) is 5.75 Å². The van der Waals surface area contributed by atoms with Crippen molar-refractivity contribution >= 4 is 11.6 Å². The minimum absolute atomic E-state index is 0.0107. The Balaban J connectivity index is 2.19. The van der Waals surface area contributed by atoms with Crippen molar-refractivity contribution < 1.29 is 9.53 Å². The van der Waals surface area contributed by atoms with Crippen LogP contribution in [-0.2, 0) is 4.79 Å². The van der Waals surface area contributed by atoms with Crippen LogP contribution >= 0.6 is 0 Å². The van der Waals surface area contributed by atoms with Gasteiger partial charge in [-0.3, -0.25) is 4.79 Å². The van der Waals surface area contributed by atoms with E-state index >= 15 is 0 Å². The van der Waals surface area contributed by atoms with Gasteiger partial charge in [0.05, 0.1) is 24.1 Å². The first-order valence-corrected chi connectivity index (χ1v) is 6.51. The van der Waals surface area contributed by atoms with Crippen LogP contribution in [0.2, 0.25) is 0 Å². The van der Waals surface area contributed by atoms with Crippen molar-refractivity contribution in [2.24, 2.45) is 5.92 Å². The summed E-state index contributed by atoms with van der Waals surface area (Å²) >= 11 is 0. The van der Waals surface area contributed by atoms with Gasteiger partial charge in [0.15, 0.2) is 0 Å². The summed E-state index contributed by atoms with van der Waals surface area (Å²) in [5, 5.41) is 9.01. The molecule has 2 atom stereocenters. The van der Waals surface area contributed by atoms with E-state index in [1.165, 1.54) is 0 Å². The lowest BCUT2D eigenvalue weighted by atomic mass is 10.0. The Morgan fingerprint density at radius 1 is 1.37 bits per heavy atom. The average molecular weight is 258 g/mol. The lowest BCUT2D eigenvalue weighted by Gasteiger charge is -2.23. The van der Waals surface area contributed by atoms with Gasteiger partial charge in [0, 0.05) is 12.1 Å². The van der Waals surface area contributed by atoms with E-state index in [2.05, 4.69) is 6.07 Å². The maximum absolute atomic E-state index is 12.0. The second-order valence-electron chi connectivity index (χ2n) is 5.10. The first-order valence-electron chi connectivity index (χ1n) is 6.51. The SMILES string of the molecule is CC(C)Oc1ccc(N2C(=O)CC(C#N)C2C)cc1. The third-order valence-electron chi connectivity index (χ3n) is 3.31. The highest BCUT2D eigenvalue weighted by Gasteiger charge is 2.37. The van der Waals surface area contributed by atoms with Crippen molar-refractivity contribution in [1.82, 2.24) is 0 Å². The first kappa shape index (κ1) is 13.4. The number of benzene rings is 1. The molecule has 19 heavy (non-hydrogen) atoms. The van der Waals surface area contributed by atoms with Crippen LogP contribution in [0.4, 0.5) is 5.69 Å². The van der Waals surface area contributed by atoms with Gasteiger partial charge >= 0.3 is 0 Å². The van der Waals surface area contributed by atoms with E-state index < -0.39 is 0 Å². The number of rotatable bonds is 3. The summed E-state index contributed by atoms with van der Waals surface area (Å²) in [6, 6.07) is 9.57. The van der Waals surface area contributed by atoms with Crippen LogP contribution in [0.1, 0.15) is 27.2 Å². The van der Waals surface area contributed by atoms with Crippen molar-refractivity contribution in [3.8, 4) is 11.8 Å². The van der Waals surface area contributed by atoms with Crippen LogP contribution in [-0.4, -0.2) is 18.1 Å². The third-order valence-corrected chi connectivity index (χ3v) is 3.31. The molecule has 0 spiro atoms. The molecule has 1 aliphatic rings. The smallest absolute Gasteiger partial charge is 0.228 e. The molecule has 0 saturated carbocycles. The number of ether oxygens (including phenoxy) is 1. The Labute approximate surface area is 113 Å². The molecule has 1 aromatic rings. The molecule has 0 N–H and O–H groups in total. The fourth-order valence-electron chi connectivity index (χ4n) is 2.35. The Kier molecular flexibility index (Phi) is 3.75. The Bertz CT molecular complexity index is 502. The van der Waals surface area contributed by atoms with Gasteiger partial charge in [0.1, 0.15) is 5.75 Å². The molecular weight excluding hydrogens is 240 g/mol. The van der Waals surface area contributed by atoms with Crippen LogP contribution in [0.15, 0.2) is 24.3 Å². The van der Waals surface area contributed by atoms with Crippen molar-refractivity contribution in [3.63, 3.8) is 0 Å². The van der Waals surface area contributed by atoms with Gasteiger partial charge in [-0.2, -0.15) is 5.26 Å². The Morgan fingerprint density at radius 3 is 2.47 bits per heavy atom. The predicted octanol–water partition coefficient (Wildman–Crippen LogP) is 2.74. The molecule has 1 amide bonds. The number of nitrogens with zero attached hydrogens (tertiary/aromatic N) is 2. The van der Waals surface area contributed by atoms with E-state index in [1.807, 2.05) is 45.0 Å². The molecule has 2 rings (SSSR count). The fourth-order valence-corrected chi connectivity index (χ4v) is 2.35. The largest absolute Gasteiger partial charge is 0.491 e. The number of carbonyl (C=O) groups is 1. The van der Waals surface area contributed by atoms with Crippen molar-refractivity contribution in [1.29, 1.82) is 5.26 Å². The monoisotopic (exact) mass is 258 g/mol. The van der Waals surface area contributed by atoms with Gasteiger partial charge in [-0.15, -0.1) is 0 Å². The van der Waals surface area contributed by atoms with Crippen LogP contribution in [0.25, 0.3) is 0 Å². The molecule has 1 saturated heterocycles.